The molecule has 13 nitrogen and oxygen atoms in total. The number of ether oxygens (including phenoxy) is 2. The average Bonchev–Trinajstić information content (AvgIpc) is 2.94. The summed E-state index contributed by atoms with van der Waals surface area (Å²) in [5, 5.41) is 6.73. The molecule has 0 aromatic carbocycles. The molecule has 2 N–H and O–H groups in total. The first-order valence-corrected chi connectivity index (χ1v) is 12.9. The molecular formula is C23H37N11O2. The quantitative estimate of drug-likeness (QED) is 0.451. The minimum absolute atomic E-state index is 0.598. The fourth-order valence-electron chi connectivity index (χ4n) is 4.38. The molecule has 0 amide bonds. The van der Waals surface area contributed by atoms with Gasteiger partial charge >= 0.3 is 0 Å². The molecule has 196 valence electrons. The summed E-state index contributed by atoms with van der Waals surface area (Å²) < 4.78 is 11.0. The Morgan fingerprint density at radius 2 is 1.28 bits per heavy atom. The van der Waals surface area contributed by atoms with Crippen molar-refractivity contribution in [2.45, 2.75) is 6.42 Å². The van der Waals surface area contributed by atoms with E-state index in [1.165, 1.54) is 0 Å². The van der Waals surface area contributed by atoms with Gasteiger partial charge in [-0.25, -0.2) is 4.98 Å². The van der Waals surface area contributed by atoms with Crippen molar-refractivity contribution in [1.82, 2.24) is 29.8 Å². The molecule has 3 fully saturated rings. The van der Waals surface area contributed by atoms with E-state index in [-0.39, 0.29) is 0 Å². The van der Waals surface area contributed by atoms with Crippen LogP contribution in [0.25, 0.3) is 0 Å². The number of rotatable bonds is 9. The number of piperazine rings is 1. The number of likely N-dealkylation sites (N-methyl/N-ethyl adjacent to an activating group) is 1. The Kier molecular flexibility index (Phi) is 8.41. The van der Waals surface area contributed by atoms with Gasteiger partial charge in [-0.15, -0.1) is 0 Å². The Morgan fingerprint density at radius 3 is 1.89 bits per heavy atom. The van der Waals surface area contributed by atoms with Crippen LogP contribution in [0, 0.1) is 0 Å². The molecule has 0 saturated carbocycles. The molecule has 5 rings (SSSR count). The van der Waals surface area contributed by atoms with E-state index in [1.807, 2.05) is 12.3 Å². The maximum Gasteiger partial charge on any atom is 0.232 e. The van der Waals surface area contributed by atoms with Crippen LogP contribution in [-0.2, 0) is 9.47 Å². The van der Waals surface area contributed by atoms with Gasteiger partial charge in [0.25, 0.3) is 0 Å². The smallest absolute Gasteiger partial charge is 0.232 e. The van der Waals surface area contributed by atoms with Gasteiger partial charge in [0.05, 0.1) is 26.4 Å². The van der Waals surface area contributed by atoms with Gasteiger partial charge in [0.2, 0.25) is 23.8 Å². The lowest BCUT2D eigenvalue weighted by Crippen LogP contribution is -2.44. The third kappa shape index (κ3) is 6.59. The summed E-state index contributed by atoms with van der Waals surface area (Å²) in [6.45, 7) is 11.4. The van der Waals surface area contributed by atoms with Crippen LogP contribution >= 0.6 is 0 Å². The summed E-state index contributed by atoms with van der Waals surface area (Å²) in [5.74, 6) is 3.64. The summed E-state index contributed by atoms with van der Waals surface area (Å²) in [5.41, 5.74) is 0. The third-order valence-electron chi connectivity index (χ3n) is 6.59. The number of anilines is 5. The van der Waals surface area contributed by atoms with Gasteiger partial charge in [0.1, 0.15) is 5.82 Å². The highest BCUT2D eigenvalue weighted by Gasteiger charge is 2.21. The zero-order valence-corrected chi connectivity index (χ0v) is 21.1. The Morgan fingerprint density at radius 1 is 0.694 bits per heavy atom. The third-order valence-corrected chi connectivity index (χ3v) is 6.59. The second-order valence-electron chi connectivity index (χ2n) is 9.19. The first-order chi connectivity index (χ1) is 17.7. The van der Waals surface area contributed by atoms with Crippen molar-refractivity contribution in [2.24, 2.45) is 0 Å². The average molecular weight is 500 g/mol. The highest BCUT2D eigenvalue weighted by molar-refractivity contribution is 5.46. The van der Waals surface area contributed by atoms with Crippen LogP contribution in [0.2, 0.25) is 0 Å². The Bertz CT molecular complexity index is 925. The number of morpholine rings is 2. The van der Waals surface area contributed by atoms with Crippen LogP contribution in [0.15, 0.2) is 12.3 Å². The van der Waals surface area contributed by atoms with Crippen molar-refractivity contribution in [3.8, 4) is 0 Å². The van der Waals surface area contributed by atoms with Crippen molar-refractivity contribution in [1.29, 1.82) is 0 Å². The summed E-state index contributed by atoms with van der Waals surface area (Å²) in [6, 6.07) is 1.98. The second-order valence-corrected chi connectivity index (χ2v) is 9.19. The van der Waals surface area contributed by atoms with E-state index < -0.39 is 0 Å². The van der Waals surface area contributed by atoms with Gasteiger partial charge in [-0.3, -0.25) is 0 Å². The van der Waals surface area contributed by atoms with E-state index in [1.54, 1.807) is 0 Å². The molecule has 13 heteroatoms. The van der Waals surface area contributed by atoms with Crippen molar-refractivity contribution >= 4 is 29.6 Å². The number of nitrogens with one attached hydrogen (secondary N) is 2. The molecule has 0 aliphatic carbocycles. The molecule has 0 radical (unpaired) electrons. The first-order valence-electron chi connectivity index (χ1n) is 12.9. The van der Waals surface area contributed by atoms with E-state index in [2.05, 4.69) is 42.3 Å². The normalized spacial score (nSPS) is 19.4. The molecule has 0 atom stereocenters. The fraction of sp³-hybridized carbons (Fsp3) is 0.696. The van der Waals surface area contributed by atoms with Crippen molar-refractivity contribution in [3.63, 3.8) is 0 Å². The van der Waals surface area contributed by atoms with E-state index in [9.17, 15) is 0 Å². The van der Waals surface area contributed by atoms with E-state index in [0.717, 1.165) is 77.7 Å². The molecule has 5 heterocycles. The molecule has 3 aliphatic rings. The molecule has 2 aromatic heterocycles. The van der Waals surface area contributed by atoms with Crippen LogP contribution in [0.4, 0.5) is 29.6 Å². The van der Waals surface area contributed by atoms with Gasteiger partial charge in [-0.2, -0.15) is 19.9 Å². The van der Waals surface area contributed by atoms with E-state index >= 15 is 0 Å². The molecule has 2 aromatic rings. The second kappa shape index (κ2) is 12.3. The van der Waals surface area contributed by atoms with E-state index in [4.69, 9.17) is 29.4 Å². The number of nitrogens with zero attached hydrogens (tertiary/aromatic N) is 9. The maximum absolute atomic E-state index is 5.50. The molecular weight excluding hydrogens is 462 g/mol. The zero-order chi connectivity index (χ0) is 24.6. The van der Waals surface area contributed by atoms with Crippen molar-refractivity contribution in [3.05, 3.63) is 12.3 Å². The maximum atomic E-state index is 5.50. The topological polar surface area (TPSA) is 120 Å². The minimum Gasteiger partial charge on any atom is -0.378 e. The monoisotopic (exact) mass is 499 g/mol. The number of aromatic nitrogens is 5. The lowest BCUT2D eigenvalue weighted by atomic mass is 10.3. The van der Waals surface area contributed by atoms with Gasteiger partial charge in [-0.1, -0.05) is 0 Å². The Balaban J connectivity index is 1.14. The lowest BCUT2D eigenvalue weighted by molar-refractivity contribution is 0.121. The summed E-state index contributed by atoms with van der Waals surface area (Å²) in [4.78, 5) is 32.2. The molecule has 0 spiro atoms. The largest absolute Gasteiger partial charge is 0.378 e. The van der Waals surface area contributed by atoms with Gasteiger partial charge < -0.3 is 39.7 Å². The minimum atomic E-state index is 0.598. The SMILES string of the molecule is CN1CCN(c2ccnc(NCCCNc3nc(N4CCOCC4)nc(N4CCOCC4)n3)n2)CC1. The summed E-state index contributed by atoms with van der Waals surface area (Å²) in [7, 11) is 2.15. The van der Waals surface area contributed by atoms with E-state index in [0.29, 0.717) is 50.2 Å². The Hall–Kier alpha value is -3.03. The molecule has 0 unspecified atom stereocenters. The molecule has 3 saturated heterocycles. The van der Waals surface area contributed by atoms with Gasteiger partial charge in [0.15, 0.2) is 0 Å². The van der Waals surface area contributed by atoms with Gasteiger partial charge in [-0.05, 0) is 19.5 Å². The molecule has 3 aliphatic heterocycles. The highest BCUT2D eigenvalue weighted by Crippen LogP contribution is 2.19. The lowest BCUT2D eigenvalue weighted by Gasteiger charge is -2.33. The van der Waals surface area contributed by atoms with Crippen LogP contribution in [0.1, 0.15) is 6.42 Å². The first kappa shape index (κ1) is 24.7. The summed E-state index contributed by atoms with van der Waals surface area (Å²) >= 11 is 0. The predicted octanol–water partition coefficient (Wildman–Crippen LogP) is 0.000700. The fourth-order valence-corrected chi connectivity index (χ4v) is 4.38. The Labute approximate surface area is 212 Å². The van der Waals surface area contributed by atoms with Crippen LogP contribution in [0.5, 0.6) is 0 Å². The highest BCUT2D eigenvalue weighted by atomic mass is 16.5. The van der Waals surface area contributed by atoms with Crippen LogP contribution < -0.4 is 25.3 Å². The number of hydrogen-bond donors (Lipinski definition) is 2. The van der Waals surface area contributed by atoms with Crippen molar-refractivity contribution in [2.75, 3.05) is 124 Å². The zero-order valence-electron chi connectivity index (χ0n) is 21.1. The molecule has 0 bridgehead atoms. The standard InChI is InChI=1S/C23H37N11O2/c1-31-7-9-32(10-8-31)19-3-6-26-20(27-19)24-4-2-5-25-21-28-22(33-11-15-35-16-12-33)30-23(29-21)34-13-17-36-18-14-34/h3,6H,2,4-5,7-18H2,1H3,(H,24,26,27)(H,25,28,29,30). The van der Waals surface area contributed by atoms with Gasteiger partial charge in [0, 0.05) is 71.6 Å². The van der Waals surface area contributed by atoms with Crippen LogP contribution in [0.3, 0.4) is 0 Å². The van der Waals surface area contributed by atoms with Crippen LogP contribution in [-0.4, -0.2) is 129 Å². The summed E-state index contributed by atoms with van der Waals surface area (Å²) in [6.07, 6.45) is 2.69. The van der Waals surface area contributed by atoms with Crippen molar-refractivity contribution < 1.29 is 9.47 Å². The predicted molar refractivity (Wildman–Crippen MR) is 139 cm³/mol. The number of hydrogen-bond acceptors (Lipinski definition) is 13. The molecule has 36 heavy (non-hydrogen) atoms.